The van der Waals surface area contributed by atoms with Crippen molar-refractivity contribution in [3.05, 3.63) is 0 Å². The fraction of sp³-hybridized carbons (Fsp3) is 0.905. The van der Waals surface area contributed by atoms with Crippen molar-refractivity contribution in [2.75, 3.05) is 46.3 Å². The molecular weight excluding hydrogens is 338 g/mol. The van der Waals surface area contributed by atoms with Gasteiger partial charge in [0.2, 0.25) is 5.91 Å². The van der Waals surface area contributed by atoms with Crippen LogP contribution in [0.3, 0.4) is 0 Å². The van der Waals surface area contributed by atoms with Gasteiger partial charge in [-0.15, -0.1) is 0 Å². The second-order valence-electron chi connectivity index (χ2n) is 7.98. The molecule has 1 saturated carbocycles. The minimum atomic E-state index is 0.278. The van der Waals surface area contributed by atoms with Crippen molar-refractivity contribution in [2.24, 2.45) is 10.9 Å². The highest BCUT2D eigenvalue weighted by Gasteiger charge is 2.31. The SMILES string of the molecule is CCN(CC)CCCCNC(=NC)NC1CCN(C(=O)C2CCCCC2)C1. The molecule has 6 nitrogen and oxygen atoms in total. The molecule has 1 aliphatic heterocycles. The first-order valence-electron chi connectivity index (χ1n) is 11.2. The maximum atomic E-state index is 12.7. The Balaban J connectivity index is 1.64. The van der Waals surface area contributed by atoms with Gasteiger partial charge in [-0.2, -0.15) is 0 Å². The van der Waals surface area contributed by atoms with Crippen molar-refractivity contribution in [3.8, 4) is 0 Å². The average Bonchev–Trinajstić information content (AvgIpc) is 3.18. The molecule has 1 saturated heterocycles. The van der Waals surface area contributed by atoms with E-state index < -0.39 is 0 Å². The van der Waals surface area contributed by atoms with Crippen LogP contribution in [0.4, 0.5) is 0 Å². The predicted octanol–water partition coefficient (Wildman–Crippen LogP) is 2.45. The van der Waals surface area contributed by atoms with Crippen LogP contribution < -0.4 is 10.6 Å². The summed E-state index contributed by atoms with van der Waals surface area (Å²) in [6.07, 6.45) is 9.28. The number of carbonyl (C=O) groups excluding carboxylic acids is 1. The second kappa shape index (κ2) is 12.2. The predicted molar refractivity (Wildman–Crippen MR) is 113 cm³/mol. The lowest BCUT2D eigenvalue weighted by Crippen LogP contribution is -2.45. The molecule has 0 aromatic rings. The molecule has 0 spiro atoms. The zero-order valence-electron chi connectivity index (χ0n) is 17.8. The monoisotopic (exact) mass is 379 g/mol. The Bertz CT molecular complexity index is 457. The lowest BCUT2D eigenvalue weighted by Gasteiger charge is -2.26. The van der Waals surface area contributed by atoms with E-state index in [0.29, 0.717) is 11.9 Å². The van der Waals surface area contributed by atoms with E-state index in [4.69, 9.17) is 0 Å². The number of guanidine groups is 1. The first-order valence-corrected chi connectivity index (χ1v) is 11.2. The number of unbranched alkanes of at least 4 members (excludes halogenated alkanes) is 1. The summed E-state index contributed by atoms with van der Waals surface area (Å²) in [4.78, 5) is 21.6. The van der Waals surface area contributed by atoms with Gasteiger partial charge in [-0.05, 0) is 51.7 Å². The summed E-state index contributed by atoms with van der Waals surface area (Å²) in [5, 5.41) is 6.94. The molecule has 1 aliphatic carbocycles. The van der Waals surface area contributed by atoms with Gasteiger partial charge in [0.1, 0.15) is 0 Å². The highest BCUT2D eigenvalue weighted by molar-refractivity contribution is 5.81. The summed E-state index contributed by atoms with van der Waals surface area (Å²) < 4.78 is 0. The Hall–Kier alpha value is -1.30. The van der Waals surface area contributed by atoms with Gasteiger partial charge in [0.15, 0.2) is 5.96 Å². The number of rotatable bonds is 9. The summed E-state index contributed by atoms with van der Waals surface area (Å²) in [6.45, 7) is 10.5. The minimum absolute atomic E-state index is 0.278. The summed E-state index contributed by atoms with van der Waals surface area (Å²) in [5.74, 6) is 1.54. The van der Waals surface area contributed by atoms with E-state index in [1.807, 2.05) is 7.05 Å². The van der Waals surface area contributed by atoms with E-state index in [1.165, 1.54) is 32.2 Å². The fourth-order valence-corrected chi connectivity index (χ4v) is 4.28. The molecule has 6 heteroatoms. The largest absolute Gasteiger partial charge is 0.356 e. The molecule has 2 rings (SSSR count). The molecule has 2 fully saturated rings. The number of hydrogen-bond acceptors (Lipinski definition) is 3. The number of nitrogens with one attached hydrogen (secondary N) is 2. The summed E-state index contributed by atoms with van der Waals surface area (Å²) >= 11 is 0. The van der Waals surface area contributed by atoms with Crippen molar-refractivity contribution < 1.29 is 4.79 Å². The summed E-state index contributed by atoms with van der Waals surface area (Å²) in [5.41, 5.74) is 0. The number of nitrogens with zero attached hydrogens (tertiary/aromatic N) is 3. The molecule has 1 heterocycles. The Labute approximate surface area is 166 Å². The number of hydrogen-bond donors (Lipinski definition) is 2. The molecule has 1 unspecified atom stereocenters. The standard InChI is InChI=1S/C21H41N5O/c1-4-25(5-2)15-10-9-14-23-21(22-3)24-19-13-16-26(17-19)20(27)18-11-7-6-8-12-18/h18-19H,4-17H2,1-3H3,(H2,22,23,24). The van der Waals surface area contributed by atoms with Gasteiger partial charge in [0.25, 0.3) is 0 Å². The number of amides is 1. The van der Waals surface area contributed by atoms with Gasteiger partial charge in [-0.3, -0.25) is 9.79 Å². The highest BCUT2D eigenvalue weighted by atomic mass is 16.2. The molecule has 2 aliphatic rings. The zero-order chi connectivity index (χ0) is 19.5. The van der Waals surface area contributed by atoms with E-state index in [1.54, 1.807) is 0 Å². The molecule has 2 N–H and O–H groups in total. The molecule has 156 valence electrons. The highest BCUT2D eigenvalue weighted by Crippen LogP contribution is 2.26. The summed E-state index contributed by atoms with van der Waals surface area (Å²) in [6, 6.07) is 0.319. The third kappa shape index (κ3) is 7.32. The van der Waals surface area contributed by atoms with Crippen LogP contribution in [0.5, 0.6) is 0 Å². The van der Waals surface area contributed by atoms with Gasteiger partial charge >= 0.3 is 0 Å². The topological polar surface area (TPSA) is 60.0 Å². The summed E-state index contributed by atoms with van der Waals surface area (Å²) in [7, 11) is 1.82. The van der Waals surface area contributed by atoms with E-state index in [9.17, 15) is 4.79 Å². The van der Waals surface area contributed by atoms with Gasteiger partial charge in [0.05, 0.1) is 0 Å². The van der Waals surface area contributed by atoms with Crippen LogP contribution in [0.15, 0.2) is 4.99 Å². The van der Waals surface area contributed by atoms with Crippen LogP contribution >= 0.6 is 0 Å². The fourth-order valence-electron chi connectivity index (χ4n) is 4.28. The molecule has 0 radical (unpaired) electrons. The zero-order valence-corrected chi connectivity index (χ0v) is 17.8. The van der Waals surface area contributed by atoms with Crippen LogP contribution in [0.2, 0.25) is 0 Å². The Kier molecular flexibility index (Phi) is 9.95. The van der Waals surface area contributed by atoms with Crippen molar-refractivity contribution in [1.29, 1.82) is 0 Å². The van der Waals surface area contributed by atoms with E-state index in [2.05, 4.69) is 39.3 Å². The first-order chi connectivity index (χ1) is 13.2. The molecule has 0 aromatic carbocycles. The lowest BCUT2D eigenvalue weighted by atomic mass is 9.88. The number of carbonyl (C=O) groups is 1. The third-order valence-electron chi connectivity index (χ3n) is 6.11. The van der Waals surface area contributed by atoms with Gasteiger partial charge < -0.3 is 20.4 Å². The first kappa shape index (κ1) is 22.0. The Morgan fingerprint density at radius 2 is 1.85 bits per heavy atom. The number of aliphatic imine (C=N–C) groups is 1. The van der Waals surface area contributed by atoms with Gasteiger partial charge in [-0.25, -0.2) is 0 Å². The quantitative estimate of drug-likeness (QED) is 0.367. The lowest BCUT2D eigenvalue weighted by molar-refractivity contribution is -0.135. The molecule has 27 heavy (non-hydrogen) atoms. The number of likely N-dealkylation sites (tertiary alicyclic amines) is 1. The van der Waals surface area contributed by atoms with E-state index >= 15 is 0 Å². The maximum Gasteiger partial charge on any atom is 0.225 e. The Morgan fingerprint density at radius 3 is 2.52 bits per heavy atom. The second-order valence-corrected chi connectivity index (χ2v) is 7.98. The van der Waals surface area contributed by atoms with E-state index in [-0.39, 0.29) is 5.92 Å². The third-order valence-corrected chi connectivity index (χ3v) is 6.11. The van der Waals surface area contributed by atoms with Crippen LogP contribution in [0, 0.1) is 5.92 Å². The molecule has 0 aromatic heterocycles. The van der Waals surface area contributed by atoms with Crippen molar-refractivity contribution >= 4 is 11.9 Å². The smallest absolute Gasteiger partial charge is 0.225 e. The molecular formula is C21H41N5O. The maximum absolute atomic E-state index is 12.7. The van der Waals surface area contributed by atoms with Crippen LogP contribution in [0.1, 0.15) is 65.2 Å². The van der Waals surface area contributed by atoms with Crippen LogP contribution in [-0.2, 0) is 4.79 Å². The van der Waals surface area contributed by atoms with E-state index in [0.717, 1.165) is 64.4 Å². The minimum Gasteiger partial charge on any atom is -0.356 e. The van der Waals surface area contributed by atoms with Crippen molar-refractivity contribution in [3.63, 3.8) is 0 Å². The van der Waals surface area contributed by atoms with Gasteiger partial charge in [0, 0.05) is 38.6 Å². The molecule has 1 atom stereocenters. The molecule has 1 amide bonds. The van der Waals surface area contributed by atoms with Crippen molar-refractivity contribution in [2.45, 2.75) is 71.3 Å². The van der Waals surface area contributed by atoms with Crippen LogP contribution in [0.25, 0.3) is 0 Å². The van der Waals surface area contributed by atoms with Gasteiger partial charge in [-0.1, -0.05) is 33.1 Å². The van der Waals surface area contributed by atoms with Crippen LogP contribution in [-0.4, -0.2) is 74.0 Å². The Morgan fingerprint density at radius 1 is 1.11 bits per heavy atom. The molecule has 0 bridgehead atoms. The van der Waals surface area contributed by atoms with Crippen molar-refractivity contribution in [1.82, 2.24) is 20.4 Å². The average molecular weight is 380 g/mol. The normalized spacial score (nSPS) is 21.7.